The summed E-state index contributed by atoms with van der Waals surface area (Å²) in [6.07, 6.45) is 0. The van der Waals surface area contributed by atoms with Crippen LogP contribution in [0, 0.1) is 0 Å². The summed E-state index contributed by atoms with van der Waals surface area (Å²) < 4.78 is 9.89. The lowest BCUT2D eigenvalue weighted by Crippen LogP contribution is -2.21. The quantitative estimate of drug-likeness (QED) is 0.579. The standard InChI is InChI=1S/C18H11N3O4/c22-17(13-10-12-8-4-5-9-14(12)24-18(13)23)19-16-15(20-25-21-16)11-6-2-1-3-7-11/h1-10H,(H,19,21,22). The molecule has 2 aromatic carbocycles. The van der Waals surface area contributed by atoms with Crippen LogP contribution in [0.5, 0.6) is 0 Å². The van der Waals surface area contributed by atoms with Crippen LogP contribution in [0.1, 0.15) is 10.4 Å². The number of carbonyl (C=O) groups is 1. The van der Waals surface area contributed by atoms with Crippen LogP contribution < -0.4 is 10.9 Å². The zero-order valence-corrected chi connectivity index (χ0v) is 12.8. The molecule has 0 aliphatic rings. The topological polar surface area (TPSA) is 98.2 Å². The molecule has 25 heavy (non-hydrogen) atoms. The zero-order chi connectivity index (χ0) is 17.2. The average Bonchev–Trinajstić information content (AvgIpc) is 3.10. The van der Waals surface area contributed by atoms with E-state index in [-0.39, 0.29) is 11.4 Å². The van der Waals surface area contributed by atoms with E-state index >= 15 is 0 Å². The summed E-state index contributed by atoms with van der Waals surface area (Å²) in [4.78, 5) is 24.6. The monoisotopic (exact) mass is 333 g/mol. The minimum absolute atomic E-state index is 0.124. The second-order valence-electron chi connectivity index (χ2n) is 5.27. The highest BCUT2D eigenvalue weighted by Crippen LogP contribution is 2.24. The van der Waals surface area contributed by atoms with Crippen molar-refractivity contribution in [1.29, 1.82) is 0 Å². The number of nitrogens with zero attached hydrogens (tertiary/aromatic N) is 2. The fourth-order valence-corrected chi connectivity index (χ4v) is 2.45. The van der Waals surface area contributed by atoms with Gasteiger partial charge in [0.1, 0.15) is 11.1 Å². The van der Waals surface area contributed by atoms with Gasteiger partial charge in [-0.2, -0.15) is 0 Å². The highest BCUT2D eigenvalue weighted by molar-refractivity contribution is 6.06. The number of anilines is 1. The number of benzene rings is 2. The summed E-state index contributed by atoms with van der Waals surface area (Å²) in [6, 6.07) is 17.6. The molecule has 2 heterocycles. The smallest absolute Gasteiger partial charge is 0.349 e. The molecular weight excluding hydrogens is 322 g/mol. The first-order valence-corrected chi connectivity index (χ1v) is 7.44. The van der Waals surface area contributed by atoms with Crippen molar-refractivity contribution in [3.63, 3.8) is 0 Å². The molecule has 0 unspecified atom stereocenters. The Bertz CT molecular complexity index is 1120. The summed E-state index contributed by atoms with van der Waals surface area (Å²) >= 11 is 0. The molecule has 1 N–H and O–H groups in total. The third-order valence-electron chi connectivity index (χ3n) is 3.65. The predicted octanol–water partition coefficient (Wildman–Crippen LogP) is 3.10. The van der Waals surface area contributed by atoms with Gasteiger partial charge in [-0.25, -0.2) is 9.42 Å². The van der Waals surface area contributed by atoms with Crippen molar-refractivity contribution in [3.05, 3.63) is 76.6 Å². The van der Waals surface area contributed by atoms with Crippen molar-refractivity contribution in [1.82, 2.24) is 10.3 Å². The molecule has 122 valence electrons. The highest BCUT2D eigenvalue weighted by Gasteiger charge is 2.19. The van der Waals surface area contributed by atoms with Gasteiger partial charge in [0, 0.05) is 10.9 Å². The van der Waals surface area contributed by atoms with Crippen molar-refractivity contribution in [2.75, 3.05) is 5.32 Å². The number of rotatable bonds is 3. The Labute approximate surface area is 140 Å². The highest BCUT2D eigenvalue weighted by atomic mass is 16.6. The Balaban J connectivity index is 1.69. The SMILES string of the molecule is O=C(Nc1nonc1-c1ccccc1)c1cc2ccccc2oc1=O. The number of para-hydroxylation sites is 1. The second kappa shape index (κ2) is 6.04. The first-order valence-electron chi connectivity index (χ1n) is 7.44. The third-order valence-corrected chi connectivity index (χ3v) is 3.65. The summed E-state index contributed by atoms with van der Waals surface area (Å²) in [5.41, 5.74) is 0.662. The molecule has 4 rings (SSSR count). The van der Waals surface area contributed by atoms with Gasteiger partial charge in [-0.1, -0.05) is 48.5 Å². The zero-order valence-electron chi connectivity index (χ0n) is 12.8. The Hall–Kier alpha value is -3.74. The van der Waals surface area contributed by atoms with Crippen molar-refractivity contribution in [3.8, 4) is 11.3 Å². The molecule has 2 aromatic heterocycles. The minimum atomic E-state index is -0.728. The third kappa shape index (κ3) is 2.78. The van der Waals surface area contributed by atoms with Crippen LogP contribution in [0.4, 0.5) is 5.82 Å². The number of hydrogen-bond donors (Lipinski definition) is 1. The Kier molecular flexibility index (Phi) is 3.59. The van der Waals surface area contributed by atoms with Crippen LogP contribution in [0.2, 0.25) is 0 Å². The van der Waals surface area contributed by atoms with Gasteiger partial charge in [0.2, 0.25) is 5.82 Å². The lowest BCUT2D eigenvalue weighted by atomic mass is 10.1. The van der Waals surface area contributed by atoms with Gasteiger partial charge in [-0.05, 0) is 22.4 Å². The molecule has 0 aliphatic heterocycles. The van der Waals surface area contributed by atoms with Crippen LogP contribution in [-0.2, 0) is 0 Å². The number of carbonyl (C=O) groups excluding carboxylic acids is 1. The molecule has 7 heteroatoms. The van der Waals surface area contributed by atoms with Gasteiger partial charge in [0.15, 0.2) is 5.69 Å². The molecule has 0 spiro atoms. The van der Waals surface area contributed by atoms with Crippen molar-refractivity contribution in [2.45, 2.75) is 0 Å². The van der Waals surface area contributed by atoms with Crippen molar-refractivity contribution < 1.29 is 13.8 Å². The Morgan fingerprint density at radius 2 is 1.72 bits per heavy atom. The van der Waals surface area contributed by atoms with Crippen LogP contribution >= 0.6 is 0 Å². The van der Waals surface area contributed by atoms with E-state index in [2.05, 4.69) is 15.6 Å². The molecule has 0 atom stereocenters. The van der Waals surface area contributed by atoms with E-state index in [1.807, 2.05) is 18.2 Å². The predicted molar refractivity (Wildman–Crippen MR) is 90.2 cm³/mol. The lowest BCUT2D eigenvalue weighted by molar-refractivity contribution is 0.102. The van der Waals surface area contributed by atoms with Crippen LogP contribution in [0.25, 0.3) is 22.2 Å². The normalized spacial score (nSPS) is 10.7. The average molecular weight is 333 g/mol. The molecule has 0 fully saturated rings. The first-order chi connectivity index (χ1) is 12.2. The van der Waals surface area contributed by atoms with Crippen LogP contribution in [0.15, 0.2) is 74.5 Å². The summed E-state index contributed by atoms with van der Waals surface area (Å²) in [6.45, 7) is 0. The maximum atomic E-state index is 12.5. The minimum Gasteiger partial charge on any atom is -0.422 e. The molecule has 0 aliphatic carbocycles. The van der Waals surface area contributed by atoms with Gasteiger partial charge < -0.3 is 9.73 Å². The fourth-order valence-electron chi connectivity index (χ4n) is 2.45. The van der Waals surface area contributed by atoms with E-state index in [1.165, 1.54) is 6.07 Å². The maximum absolute atomic E-state index is 12.5. The first kappa shape index (κ1) is 14.8. The number of hydrogen-bond acceptors (Lipinski definition) is 6. The summed E-state index contributed by atoms with van der Waals surface area (Å²) in [7, 11) is 0. The van der Waals surface area contributed by atoms with Gasteiger partial charge >= 0.3 is 5.63 Å². The molecule has 1 amide bonds. The maximum Gasteiger partial charge on any atom is 0.349 e. The van der Waals surface area contributed by atoms with E-state index in [0.717, 1.165) is 5.56 Å². The van der Waals surface area contributed by atoms with E-state index < -0.39 is 11.5 Å². The largest absolute Gasteiger partial charge is 0.422 e. The fraction of sp³-hybridized carbons (Fsp3) is 0. The molecule has 0 radical (unpaired) electrons. The summed E-state index contributed by atoms with van der Waals surface area (Å²) in [5.74, 6) is -0.517. The molecule has 0 bridgehead atoms. The lowest BCUT2D eigenvalue weighted by Gasteiger charge is -2.03. The Morgan fingerprint density at radius 1 is 0.960 bits per heavy atom. The molecule has 4 aromatic rings. The van der Waals surface area contributed by atoms with Crippen molar-refractivity contribution >= 4 is 22.7 Å². The van der Waals surface area contributed by atoms with Crippen molar-refractivity contribution in [2.24, 2.45) is 0 Å². The molecule has 0 saturated carbocycles. The molecule has 7 nitrogen and oxygen atoms in total. The molecule has 0 saturated heterocycles. The van der Waals surface area contributed by atoms with Gasteiger partial charge in [-0.15, -0.1) is 0 Å². The molecular formula is C18H11N3O4. The van der Waals surface area contributed by atoms with Gasteiger partial charge in [0.25, 0.3) is 5.91 Å². The number of fused-ring (bicyclic) bond motifs is 1. The van der Waals surface area contributed by atoms with Gasteiger partial charge in [0.05, 0.1) is 0 Å². The Morgan fingerprint density at radius 3 is 2.56 bits per heavy atom. The number of nitrogens with one attached hydrogen (secondary N) is 1. The van der Waals surface area contributed by atoms with Crippen LogP contribution in [-0.4, -0.2) is 16.2 Å². The second-order valence-corrected chi connectivity index (χ2v) is 5.27. The number of amides is 1. The number of aromatic nitrogens is 2. The van der Waals surface area contributed by atoms with E-state index in [1.54, 1.807) is 36.4 Å². The van der Waals surface area contributed by atoms with E-state index in [0.29, 0.717) is 16.7 Å². The van der Waals surface area contributed by atoms with E-state index in [4.69, 9.17) is 9.05 Å². The van der Waals surface area contributed by atoms with Gasteiger partial charge in [-0.3, -0.25) is 4.79 Å². The van der Waals surface area contributed by atoms with E-state index in [9.17, 15) is 9.59 Å². The van der Waals surface area contributed by atoms with Crippen LogP contribution in [0.3, 0.4) is 0 Å². The summed E-state index contributed by atoms with van der Waals surface area (Å²) in [5, 5.41) is 10.7.